The first kappa shape index (κ1) is 16.7. The Labute approximate surface area is 134 Å². The summed E-state index contributed by atoms with van der Waals surface area (Å²) in [5, 5.41) is 12.3. The number of hydrogen-bond donors (Lipinski definition) is 2. The van der Waals surface area contributed by atoms with Crippen molar-refractivity contribution >= 4 is 23.6 Å². The second-order valence-corrected chi connectivity index (χ2v) is 6.71. The van der Waals surface area contributed by atoms with Crippen molar-refractivity contribution in [2.45, 2.75) is 31.2 Å². The fourth-order valence-electron chi connectivity index (χ4n) is 2.52. The first-order valence-corrected chi connectivity index (χ1v) is 8.41. The van der Waals surface area contributed by atoms with Crippen LogP contribution in [-0.4, -0.2) is 41.1 Å². The molecular formula is C16H21NO4S. The third kappa shape index (κ3) is 3.55. The van der Waals surface area contributed by atoms with Gasteiger partial charge in [0.2, 0.25) is 5.91 Å². The number of carbonyl (C=O) groups excluding carboxylic acids is 1. The normalized spacial score (nSPS) is 18.3. The van der Waals surface area contributed by atoms with Crippen LogP contribution in [-0.2, 0) is 9.59 Å². The molecule has 120 valence electrons. The average Bonchev–Trinajstić information content (AvgIpc) is 2.54. The van der Waals surface area contributed by atoms with Crippen molar-refractivity contribution < 1.29 is 19.4 Å². The molecule has 1 atom stereocenters. The van der Waals surface area contributed by atoms with Crippen molar-refractivity contribution in [2.75, 3.05) is 18.6 Å². The molecule has 0 radical (unpaired) electrons. The number of ether oxygens (including phenoxy) is 1. The molecule has 0 bridgehead atoms. The van der Waals surface area contributed by atoms with Crippen LogP contribution in [0.4, 0.5) is 0 Å². The van der Waals surface area contributed by atoms with Crippen LogP contribution < -0.4 is 10.1 Å². The first-order chi connectivity index (χ1) is 10.5. The SMILES string of the molecule is COc1cccc(C(C)C(=O)NC2(C(=O)O)CCSCC2)c1. The maximum Gasteiger partial charge on any atom is 0.329 e. The molecule has 1 unspecified atom stereocenters. The Morgan fingerprint density at radius 2 is 2.05 bits per heavy atom. The van der Waals surface area contributed by atoms with Crippen molar-refractivity contribution in [1.29, 1.82) is 0 Å². The Kier molecular flexibility index (Phi) is 5.34. The van der Waals surface area contributed by atoms with Crippen LogP contribution in [0.15, 0.2) is 24.3 Å². The van der Waals surface area contributed by atoms with Crippen molar-refractivity contribution in [1.82, 2.24) is 5.32 Å². The van der Waals surface area contributed by atoms with E-state index in [1.165, 1.54) is 0 Å². The minimum absolute atomic E-state index is 0.262. The molecule has 5 nitrogen and oxygen atoms in total. The van der Waals surface area contributed by atoms with Gasteiger partial charge in [-0.3, -0.25) is 4.79 Å². The fourth-order valence-corrected chi connectivity index (χ4v) is 3.71. The number of carboxylic acids is 1. The zero-order valence-electron chi connectivity index (χ0n) is 12.8. The molecule has 1 aliphatic rings. The Morgan fingerprint density at radius 3 is 2.64 bits per heavy atom. The van der Waals surface area contributed by atoms with E-state index in [1.54, 1.807) is 31.9 Å². The Bertz CT molecular complexity index is 555. The quantitative estimate of drug-likeness (QED) is 0.869. The molecule has 1 amide bonds. The predicted octanol–water partition coefficient (Wildman–Crippen LogP) is 2.27. The highest BCUT2D eigenvalue weighted by molar-refractivity contribution is 7.99. The molecular weight excluding hydrogens is 302 g/mol. The zero-order valence-corrected chi connectivity index (χ0v) is 13.6. The van der Waals surface area contributed by atoms with Gasteiger partial charge in [-0.05, 0) is 49.0 Å². The number of carboxylic acid groups (broad SMARTS) is 1. The van der Waals surface area contributed by atoms with Gasteiger partial charge in [-0.2, -0.15) is 11.8 Å². The van der Waals surface area contributed by atoms with Gasteiger partial charge in [0.1, 0.15) is 11.3 Å². The number of hydrogen-bond acceptors (Lipinski definition) is 4. The number of methoxy groups -OCH3 is 1. The average molecular weight is 323 g/mol. The summed E-state index contributed by atoms with van der Waals surface area (Å²) in [6, 6.07) is 7.28. The molecule has 0 aromatic heterocycles. The maximum absolute atomic E-state index is 12.5. The minimum atomic E-state index is -1.13. The Hall–Kier alpha value is -1.69. The Balaban J connectivity index is 2.14. The van der Waals surface area contributed by atoms with Crippen LogP contribution in [0.25, 0.3) is 0 Å². The zero-order chi connectivity index (χ0) is 16.2. The van der Waals surface area contributed by atoms with Crippen LogP contribution >= 0.6 is 11.8 Å². The van der Waals surface area contributed by atoms with E-state index in [9.17, 15) is 14.7 Å². The van der Waals surface area contributed by atoms with Gasteiger partial charge >= 0.3 is 5.97 Å². The highest BCUT2D eigenvalue weighted by Crippen LogP contribution is 2.29. The highest BCUT2D eigenvalue weighted by atomic mass is 32.2. The smallest absolute Gasteiger partial charge is 0.329 e. The van der Waals surface area contributed by atoms with Gasteiger partial charge in [-0.15, -0.1) is 0 Å². The van der Waals surface area contributed by atoms with Gasteiger partial charge in [-0.1, -0.05) is 12.1 Å². The van der Waals surface area contributed by atoms with E-state index in [0.29, 0.717) is 18.6 Å². The minimum Gasteiger partial charge on any atom is -0.497 e. The van der Waals surface area contributed by atoms with Gasteiger partial charge < -0.3 is 15.2 Å². The third-order valence-corrected chi connectivity index (χ3v) is 5.09. The number of aliphatic carboxylic acids is 1. The topological polar surface area (TPSA) is 75.6 Å². The molecule has 1 aromatic carbocycles. The van der Waals surface area contributed by atoms with Gasteiger partial charge in [0.25, 0.3) is 0 Å². The highest BCUT2D eigenvalue weighted by Gasteiger charge is 2.42. The van der Waals surface area contributed by atoms with Crippen molar-refractivity contribution in [3.63, 3.8) is 0 Å². The van der Waals surface area contributed by atoms with E-state index in [4.69, 9.17) is 4.74 Å². The van der Waals surface area contributed by atoms with Crippen molar-refractivity contribution in [3.05, 3.63) is 29.8 Å². The van der Waals surface area contributed by atoms with E-state index in [-0.39, 0.29) is 5.91 Å². The lowest BCUT2D eigenvalue weighted by Gasteiger charge is -2.34. The predicted molar refractivity (Wildman–Crippen MR) is 86.5 cm³/mol. The maximum atomic E-state index is 12.5. The lowest BCUT2D eigenvalue weighted by atomic mass is 9.90. The van der Waals surface area contributed by atoms with Crippen LogP contribution in [0.2, 0.25) is 0 Å². The molecule has 2 N–H and O–H groups in total. The van der Waals surface area contributed by atoms with Gasteiger partial charge in [-0.25, -0.2) is 4.79 Å². The van der Waals surface area contributed by atoms with E-state index < -0.39 is 17.4 Å². The van der Waals surface area contributed by atoms with Crippen molar-refractivity contribution in [3.8, 4) is 5.75 Å². The summed E-state index contributed by atoms with van der Waals surface area (Å²) >= 11 is 1.72. The van der Waals surface area contributed by atoms with E-state index in [1.807, 2.05) is 18.2 Å². The van der Waals surface area contributed by atoms with Gasteiger partial charge in [0.05, 0.1) is 13.0 Å². The molecule has 0 aliphatic carbocycles. The second-order valence-electron chi connectivity index (χ2n) is 5.49. The molecule has 2 rings (SSSR count). The summed E-state index contributed by atoms with van der Waals surface area (Å²) in [6.07, 6.45) is 0.924. The van der Waals surface area contributed by atoms with Gasteiger partial charge in [0, 0.05) is 0 Å². The first-order valence-electron chi connectivity index (χ1n) is 7.25. The lowest BCUT2D eigenvalue weighted by Crippen LogP contribution is -2.57. The van der Waals surface area contributed by atoms with Crippen LogP contribution in [0, 0.1) is 0 Å². The summed E-state index contributed by atoms with van der Waals surface area (Å²) in [5.74, 6) is 0.543. The summed E-state index contributed by atoms with van der Waals surface area (Å²) in [6.45, 7) is 1.78. The van der Waals surface area contributed by atoms with E-state index >= 15 is 0 Å². The number of nitrogens with one attached hydrogen (secondary N) is 1. The molecule has 1 fully saturated rings. The van der Waals surface area contributed by atoms with Crippen LogP contribution in [0.3, 0.4) is 0 Å². The van der Waals surface area contributed by atoms with Gasteiger partial charge in [0.15, 0.2) is 0 Å². The van der Waals surface area contributed by atoms with Crippen LogP contribution in [0.5, 0.6) is 5.75 Å². The summed E-state index contributed by atoms with van der Waals surface area (Å²) in [7, 11) is 1.57. The molecule has 0 saturated carbocycles. The standard InChI is InChI=1S/C16H21NO4S/c1-11(12-4-3-5-13(10-12)21-2)14(18)17-16(15(19)20)6-8-22-9-7-16/h3-5,10-11H,6-9H2,1-2H3,(H,17,18)(H,19,20). The summed E-state index contributed by atoms with van der Waals surface area (Å²) < 4.78 is 5.16. The van der Waals surface area contributed by atoms with Crippen molar-refractivity contribution in [2.24, 2.45) is 0 Å². The molecule has 1 aliphatic heterocycles. The lowest BCUT2D eigenvalue weighted by molar-refractivity contribution is -0.148. The molecule has 0 spiro atoms. The summed E-state index contributed by atoms with van der Waals surface area (Å²) in [4.78, 5) is 24.1. The monoisotopic (exact) mass is 323 g/mol. The molecule has 1 aromatic rings. The number of thioether (sulfide) groups is 1. The fraction of sp³-hybridized carbons (Fsp3) is 0.500. The number of amides is 1. The Morgan fingerprint density at radius 1 is 1.36 bits per heavy atom. The van der Waals surface area contributed by atoms with Crippen LogP contribution in [0.1, 0.15) is 31.2 Å². The second kappa shape index (κ2) is 7.05. The van der Waals surface area contributed by atoms with E-state index in [0.717, 1.165) is 17.1 Å². The molecule has 22 heavy (non-hydrogen) atoms. The summed E-state index contributed by atoms with van der Waals surface area (Å²) in [5.41, 5.74) is -0.322. The molecule has 1 saturated heterocycles. The number of rotatable bonds is 5. The number of carbonyl (C=O) groups is 2. The third-order valence-electron chi connectivity index (χ3n) is 4.11. The number of benzene rings is 1. The molecule has 1 heterocycles. The molecule has 6 heteroatoms. The largest absolute Gasteiger partial charge is 0.497 e. The van der Waals surface area contributed by atoms with E-state index in [2.05, 4.69) is 5.32 Å².